The molecule has 8 heavy (non-hydrogen) atoms. The molecule has 2 nitrogen and oxygen atoms in total. The highest BCUT2D eigenvalue weighted by Crippen LogP contribution is 1.81. The first-order valence-electron chi connectivity index (χ1n) is 2.18. The van der Waals surface area contributed by atoms with E-state index in [1.807, 2.05) is 5.92 Å². The average molecular weight is 112 g/mol. The molecule has 2 heteroatoms. The van der Waals surface area contributed by atoms with E-state index >= 15 is 0 Å². The molecule has 0 spiro atoms. The minimum Gasteiger partial charge on any atom is -0.358 e. The van der Waals surface area contributed by atoms with Crippen LogP contribution in [0.3, 0.4) is 0 Å². The number of terminal acetylenes is 1. The Labute approximate surface area is 48.8 Å². The normalized spacial score (nSPS) is 12.0. The van der Waals surface area contributed by atoms with Gasteiger partial charge in [-0.05, 0) is 5.92 Å². The van der Waals surface area contributed by atoms with Crippen molar-refractivity contribution in [2.75, 3.05) is 6.61 Å². The highest BCUT2D eigenvalue weighted by Gasteiger charge is 1.91. The quantitative estimate of drug-likeness (QED) is 0.319. The Morgan fingerprint density at radius 2 is 2.62 bits per heavy atom. The standard InChI is InChI=1S/C6H8O2/c1-3-5-8-6(7)4-2/h2-3,6-7H,1,5H2. The number of hydrogen-bond acceptors (Lipinski definition) is 2. The highest BCUT2D eigenvalue weighted by molar-refractivity contribution is 4.87. The van der Waals surface area contributed by atoms with Crippen molar-refractivity contribution in [3.63, 3.8) is 0 Å². The molecule has 1 unspecified atom stereocenters. The van der Waals surface area contributed by atoms with E-state index in [9.17, 15) is 0 Å². The molecule has 0 aliphatic rings. The van der Waals surface area contributed by atoms with Crippen LogP contribution in [-0.4, -0.2) is 18.0 Å². The van der Waals surface area contributed by atoms with Crippen molar-refractivity contribution in [3.8, 4) is 12.3 Å². The lowest BCUT2D eigenvalue weighted by atomic mass is 10.6. The molecule has 0 aromatic heterocycles. The second-order valence-corrected chi connectivity index (χ2v) is 1.14. The number of aliphatic hydroxyl groups is 1. The number of hydrogen-bond donors (Lipinski definition) is 1. The molecule has 0 fully saturated rings. The van der Waals surface area contributed by atoms with E-state index in [1.54, 1.807) is 0 Å². The molecule has 0 aromatic carbocycles. The summed E-state index contributed by atoms with van der Waals surface area (Å²) in [5.41, 5.74) is 0. The zero-order chi connectivity index (χ0) is 6.41. The first kappa shape index (κ1) is 7.22. The molecule has 0 rings (SSSR count). The van der Waals surface area contributed by atoms with E-state index in [2.05, 4.69) is 11.3 Å². The van der Waals surface area contributed by atoms with Crippen molar-refractivity contribution in [2.45, 2.75) is 6.29 Å². The molecule has 0 aliphatic heterocycles. The Morgan fingerprint density at radius 3 is 3.00 bits per heavy atom. The first-order valence-corrected chi connectivity index (χ1v) is 2.18. The van der Waals surface area contributed by atoms with Crippen LogP contribution in [0, 0.1) is 12.3 Å². The molecule has 1 N–H and O–H groups in total. The smallest absolute Gasteiger partial charge is 0.219 e. The maximum atomic E-state index is 8.48. The summed E-state index contributed by atoms with van der Waals surface area (Å²) < 4.78 is 4.54. The molecule has 0 radical (unpaired) electrons. The molecule has 0 saturated heterocycles. The van der Waals surface area contributed by atoms with Gasteiger partial charge in [-0.2, -0.15) is 0 Å². The third-order valence-corrected chi connectivity index (χ3v) is 0.515. The maximum absolute atomic E-state index is 8.48. The van der Waals surface area contributed by atoms with E-state index < -0.39 is 6.29 Å². The second-order valence-electron chi connectivity index (χ2n) is 1.14. The van der Waals surface area contributed by atoms with Crippen molar-refractivity contribution in [1.82, 2.24) is 0 Å². The molecular weight excluding hydrogens is 104 g/mol. The van der Waals surface area contributed by atoms with Gasteiger partial charge >= 0.3 is 0 Å². The SMILES string of the molecule is C#CC(O)OCC=C. The molecule has 1 atom stereocenters. The van der Waals surface area contributed by atoms with Crippen molar-refractivity contribution in [1.29, 1.82) is 0 Å². The van der Waals surface area contributed by atoms with Crippen LogP contribution in [0.25, 0.3) is 0 Å². The van der Waals surface area contributed by atoms with Crippen LogP contribution < -0.4 is 0 Å². The van der Waals surface area contributed by atoms with E-state index in [0.717, 1.165) is 0 Å². The summed E-state index contributed by atoms with van der Waals surface area (Å²) in [6.07, 6.45) is 5.18. The lowest BCUT2D eigenvalue weighted by molar-refractivity contribution is -0.0447. The van der Waals surface area contributed by atoms with Crippen molar-refractivity contribution in [3.05, 3.63) is 12.7 Å². The third-order valence-electron chi connectivity index (χ3n) is 0.515. The van der Waals surface area contributed by atoms with Gasteiger partial charge in [0.1, 0.15) is 0 Å². The van der Waals surface area contributed by atoms with Crippen LogP contribution in [-0.2, 0) is 4.74 Å². The minimum absolute atomic E-state index is 0.283. The highest BCUT2D eigenvalue weighted by atomic mass is 16.6. The number of rotatable bonds is 3. The van der Waals surface area contributed by atoms with Gasteiger partial charge in [-0.15, -0.1) is 13.0 Å². The molecule has 0 amide bonds. The fraction of sp³-hybridized carbons (Fsp3) is 0.333. The largest absolute Gasteiger partial charge is 0.358 e. The lowest BCUT2D eigenvalue weighted by Gasteiger charge is -1.99. The minimum atomic E-state index is -1.09. The van der Waals surface area contributed by atoms with Gasteiger partial charge in [0.25, 0.3) is 0 Å². The summed E-state index contributed by atoms with van der Waals surface area (Å²) in [4.78, 5) is 0. The van der Waals surface area contributed by atoms with Crippen LogP contribution in [0.2, 0.25) is 0 Å². The Morgan fingerprint density at radius 1 is 2.00 bits per heavy atom. The fourth-order valence-electron chi connectivity index (χ4n) is 0.207. The molecule has 44 valence electrons. The van der Waals surface area contributed by atoms with Gasteiger partial charge in [0, 0.05) is 0 Å². The third kappa shape index (κ3) is 3.41. The van der Waals surface area contributed by atoms with Crippen molar-refractivity contribution >= 4 is 0 Å². The second kappa shape index (κ2) is 4.38. The van der Waals surface area contributed by atoms with Gasteiger partial charge in [-0.25, -0.2) is 0 Å². The predicted octanol–water partition coefficient (Wildman–Crippen LogP) is 0.141. The van der Waals surface area contributed by atoms with Crippen LogP contribution >= 0.6 is 0 Å². The van der Waals surface area contributed by atoms with Crippen LogP contribution in [0.15, 0.2) is 12.7 Å². The molecule has 0 aliphatic carbocycles. The van der Waals surface area contributed by atoms with Gasteiger partial charge in [-0.1, -0.05) is 6.08 Å². The molecule has 0 saturated carbocycles. The molecular formula is C6H8O2. The summed E-state index contributed by atoms with van der Waals surface area (Å²) in [5.74, 6) is 1.99. The number of aliphatic hydroxyl groups excluding tert-OH is 1. The summed E-state index contributed by atoms with van der Waals surface area (Å²) in [6.45, 7) is 3.65. The Balaban J connectivity index is 3.14. The predicted molar refractivity (Wildman–Crippen MR) is 31.0 cm³/mol. The summed E-state index contributed by atoms with van der Waals surface area (Å²) in [7, 11) is 0. The van der Waals surface area contributed by atoms with Gasteiger partial charge in [0.2, 0.25) is 6.29 Å². The lowest BCUT2D eigenvalue weighted by Crippen LogP contribution is -2.07. The summed E-state index contributed by atoms with van der Waals surface area (Å²) in [6, 6.07) is 0. The van der Waals surface area contributed by atoms with Gasteiger partial charge < -0.3 is 9.84 Å². The molecule has 0 heterocycles. The van der Waals surface area contributed by atoms with Crippen LogP contribution in [0.1, 0.15) is 0 Å². The van der Waals surface area contributed by atoms with E-state index in [0.29, 0.717) is 0 Å². The fourth-order valence-corrected chi connectivity index (χ4v) is 0.207. The van der Waals surface area contributed by atoms with Crippen LogP contribution in [0.5, 0.6) is 0 Å². The Hall–Kier alpha value is -0.780. The van der Waals surface area contributed by atoms with E-state index in [1.165, 1.54) is 6.08 Å². The maximum Gasteiger partial charge on any atom is 0.219 e. The topological polar surface area (TPSA) is 29.5 Å². The average Bonchev–Trinajstić information content (AvgIpc) is 1.83. The Bertz CT molecular complexity index is 102. The summed E-state index contributed by atoms with van der Waals surface area (Å²) in [5, 5.41) is 8.48. The zero-order valence-corrected chi connectivity index (χ0v) is 4.50. The van der Waals surface area contributed by atoms with Gasteiger partial charge in [0.05, 0.1) is 6.61 Å². The first-order chi connectivity index (χ1) is 3.81. The van der Waals surface area contributed by atoms with Crippen molar-refractivity contribution in [2.24, 2.45) is 0 Å². The van der Waals surface area contributed by atoms with E-state index in [-0.39, 0.29) is 6.61 Å². The monoisotopic (exact) mass is 112 g/mol. The van der Waals surface area contributed by atoms with E-state index in [4.69, 9.17) is 11.5 Å². The molecule has 0 aromatic rings. The molecule has 0 bridgehead atoms. The van der Waals surface area contributed by atoms with Gasteiger partial charge in [0.15, 0.2) is 0 Å². The number of ether oxygens (including phenoxy) is 1. The van der Waals surface area contributed by atoms with Crippen molar-refractivity contribution < 1.29 is 9.84 Å². The summed E-state index contributed by atoms with van der Waals surface area (Å²) >= 11 is 0. The zero-order valence-electron chi connectivity index (χ0n) is 4.50. The van der Waals surface area contributed by atoms with Crippen LogP contribution in [0.4, 0.5) is 0 Å². The van der Waals surface area contributed by atoms with Gasteiger partial charge in [-0.3, -0.25) is 0 Å². The Kier molecular flexibility index (Phi) is 3.95.